The van der Waals surface area contributed by atoms with Crippen LogP contribution in [0.3, 0.4) is 0 Å². The van der Waals surface area contributed by atoms with E-state index in [4.69, 9.17) is 0 Å². The van der Waals surface area contributed by atoms with Gasteiger partial charge in [0.1, 0.15) is 0 Å². The Labute approximate surface area is 98.5 Å². The van der Waals surface area contributed by atoms with Crippen molar-refractivity contribution < 1.29 is 4.79 Å². The van der Waals surface area contributed by atoms with E-state index in [9.17, 15) is 4.79 Å². The van der Waals surface area contributed by atoms with Gasteiger partial charge >= 0.3 is 0 Å². The van der Waals surface area contributed by atoms with Gasteiger partial charge < -0.3 is 10.3 Å². The highest BCUT2D eigenvalue weighted by molar-refractivity contribution is 7.12. The Kier molecular flexibility index (Phi) is 3.41. The zero-order valence-corrected chi connectivity index (χ0v) is 9.93. The lowest BCUT2D eigenvalue weighted by Gasteiger charge is -2.03. The first-order valence-electron chi connectivity index (χ1n) is 5.27. The Morgan fingerprint density at radius 1 is 1.50 bits per heavy atom. The van der Waals surface area contributed by atoms with E-state index < -0.39 is 0 Å². The number of carbonyl (C=O) groups is 1. The van der Waals surface area contributed by atoms with Crippen molar-refractivity contribution >= 4 is 17.2 Å². The second-order valence-electron chi connectivity index (χ2n) is 3.53. The van der Waals surface area contributed by atoms with Crippen LogP contribution in [0.15, 0.2) is 29.9 Å². The average Bonchev–Trinajstić information content (AvgIpc) is 2.96. The monoisotopic (exact) mass is 234 g/mol. The fourth-order valence-corrected chi connectivity index (χ4v) is 2.46. The molecule has 0 radical (unpaired) electrons. The molecule has 0 aliphatic rings. The number of H-pyrrole nitrogens is 1. The summed E-state index contributed by atoms with van der Waals surface area (Å²) in [6.07, 6.45) is 4.63. The van der Waals surface area contributed by atoms with Crippen LogP contribution in [0.5, 0.6) is 0 Å². The van der Waals surface area contributed by atoms with Gasteiger partial charge in [0.25, 0.3) is 5.91 Å². The molecule has 2 aromatic heterocycles. The second-order valence-corrected chi connectivity index (χ2v) is 4.45. The molecule has 0 fully saturated rings. The highest BCUT2D eigenvalue weighted by Gasteiger charge is 2.11. The van der Waals surface area contributed by atoms with Crippen molar-refractivity contribution in [2.45, 2.75) is 19.9 Å². The van der Waals surface area contributed by atoms with Gasteiger partial charge in [-0.05, 0) is 35.1 Å². The van der Waals surface area contributed by atoms with Crippen molar-refractivity contribution in [1.82, 2.24) is 10.3 Å². The first kappa shape index (κ1) is 11.0. The van der Waals surface area contributed by atoms with Crippen molar-refractivity contribution in [1.29, 1.82) is 0 Å². The fourth-order valence-electron chi connectivity index (χ4n) is 1.54. The van der Waals surface area contributed by atoms with Gasteiger partial charge in [-0.3, -0.25) is 4.79 Å². The molecule has 2 heterocycles. The van der Waals surface area contributed by atoms with Crippen LogP contribution in [-0.4, -0.2) is 10.9 Å². The molecule has 0 saturated heterocycles. The van der Waals surface area contributed by atoms with Gasteiger partial charge in [0.05, 0.1) is 4.88 Å². The van der Waals surface area contributed by atoms with Crippen LogP contribution in [0.25, 0.3) is 0 Å². The number of amides is 1. The molecule has 16 heavy (non-hydrogen) atoms. The summed E-state index contributed by atoms with van der Waals surface area (Å²) in [7, 11) is 0. The normalized spacial score (nSPS) is 10.3. The lowest BCUT2D eigenvalue weighted by atomic mass is 10.2. The van der Waals surface area contributed by atoms with Crippen LogP contribution >= 0.6 is 11.3 Å². The van der Waals surface area contributed by atoms with E-state index in [-0.39, 0.29) is 5.91 Å². The third-order valence-corrected chi connectivity index (χ3v) is 3.40. The van der Waals surface area contributed by atoms with Gasteiger partial charge in [-0.2, -0.15) is 0 Å². The van der Waals surface area contributed by atoms with Crippen LogP contribution in [-0.2, 0) is 13.0 Å². The van der Waals surface area contributed by atoms with E-state index >= 15 is 0 Å². The zero-order chi connectivity index (χ0) is 11.4. The number of aryl methyl sites for hydroxylation is 1. The Morgan fingerprint density at radius 2 is 2.38 bits per heavy atom. The third-order valence-electron chi connectivity index (χ3n) is 2.45. The molecule has 0 atom stereocenters. The molecule has 2 aromatic rings. The number of rotatable bonds is 4. The predicted molar refractivity (Wildman–Crippen MR) is 65.7 cm³/mol. The Bertz CT molecular complexity index is 459. The highest BCUT2D eigenvalue weighted by atomic mass is 32.1. The molecular weight excluding hydrogens is 220 g/mol. The van der Waals surface area contributed by atoms with Gasteiger partial charge in [-0.15, -0.1) is 11.3 Å². The summed E-state index contributed by atoms with van der Waals surface area (Å²) < 4.78 is 0. The van der Waals surface area contributed by atoms with Crippen molar-refractivity contribution in [3.8, 4) is 0 Å². The van der Waals surface area contributed by atoms with Gasteiger partial charge in [-0.1, -0.05) is 6.92 Å². The number of thiophene rings is 1. The Hall–Kier alpha value is -1.55. The van der Waals surface area contributed by atoms with Crippen LogP contribution < -0.4 is 5.32 Å². The molecule has 0 aliphatic carbocycles. The smallest absolute Gasteiger partial charge is 0.261 e. The summed E-state index contributed by atoms with van der Waals surface area (Å²) in [6, 6.07) is 3.96. The minimum absolute atomic E-state index is 0.0213. The SMILES string of the molecule is CCc1ccsc1C(=O)NCc1cc[nH]c1. The van der Waals surface area contributed by atoms with Gasteiger partial charge in [0.15, 0.2) is 0 Å². The summed E-state index contributed by atoms with van der Waals surface area (Å²) in [4.78, 5) is 15.7. The molecule has 0 unspecified atom stereocenters. The van der Waals surface area contributed by atoms with Crippen LogP contribution in [0.2, 0.25) is 0 Å². The third kappa shape index (κ3) is 2.33. The van der Waals surface area contributed by atoms with E-state index in [1.54, 1.807) is 0 Å². The molecule has 4 heteroatoms. The molecule has 3 nitrogen and oxygen atoms in total. The van der Waals surface area contributed by atoms with E-state index in [1.165, 1.54) is 11.3 Å². The van der Waals surface area contributed by atoms with Crippen molar-refractivity contribution in [2.75, 3.05) is 0 Å². The van der Waals surface area contributed by atoms with Crippen LogP contribution in [0.1, 0.15) is 27.7 Å². The molecule has 0 saturated carbocycles. The number of hydrogen-bond donors (Lipinski definition) is 2. The molecule has 84 valence electrons. The van der Waals surface area contributed by atoms with Gasteiger partial charge in [-0.25, -0.2) is 0 Å². The maximum Gasteiger partial charge on any atom is 0.261 e. The number of carbonyl (C=O) groups excluding carboxylic acids is 1. The number of nitrogens with one attached hydrogen (secondary N) is 2. The fraction of sp³-hybridized carbons (Fsp3) is 0.250. The first-order valence-corrected chi connectivity index (χ1v) is 6.15. The second kappa shape index (κ2) is 4.99. The predicted octanol–water partition coefficient (Wildman–Crippen LogP) is 2.57. The van der Waals surface area contributed by atoms with Crippen LogP contribution in [0, 0.1) is 0 Å². The molecular formula is C12H14N2OS. The molecule has 0 aliphatic heterocycles. The Balaban J connectivity index is 1.98. The lowest BCUT2D eigenvalue weighted by Crippen LogP contribution is -2.22. The van der Waals surface area contributed by atoms with E-state index in [0.717, 1.165) is 22.4 Å². The van der Waals surface area contributed by atoms with E-state index in [2.05, 4.69) is 17.2 Å². The quantitative estimate of drug-likeness (QED) is 0.839. The lowest BCUT2D eigenvalue weighted by molar-refractivity contribution is 0.0954. The topological polar surface area (TPSA) is 44.9 Å². The summed E-state index contributed by atoms with van der Waals surface area (Å²) in [5.41, 5.74) is 2.21. The summed E-state index contributed by atoms with van der Waals surface area (Å²) >= 11 is 1.50. The Morgan fingerprint density at radius 3 is 3.06 bits per heavy atom. The van der Waals surface area contributed by atoms with Crippen LogP contribution in [0.4, 0.5) is 0 Å². The van der Waals surface area contributed by atoms with Gasteiger partial charge in [0, 0.05) is 18.9 Å². The molecule has 0 aromatic carbocycles. The molecule has 2 rings (SSSR count). The first-order chi connectivity index (χ1) is 7.81. The standard InChI is InChI=1S/C12H14N2OS/c1-2-10-4-6-16-11(10)12(15)14-8-9-3-5-13-7-9/h3-7,13H,2,8H2,1H3,(H,14,15). The van der Waals surface area contributed by atoms with Crippen molar-refractivity contribution in [3.63, 3.8) is 0 Å². The minimum Gasteiger partial charge on any atom is -0.367 e. The zero-order valence-electron chi connectivity index (χ0n) is 9.12. The summed E-state index contributed by atoms with van der Waals surface area (Å²) in [5.74, 6) is 0.0213. The number of aromatic amines is 1. The number of hydrogen-bond acceptors (Lipinski definition) is 2. The molecule has 1 amide bonds. The van der Waals surface area contributed by atoms with Crippen molar-refractivity contribution in [3.05, 3.63) is 45.9 Å². The van der Waals surface area contributed by atoms with Gasteiger partial charge in [0.2, 0.25) is 0 Å². The maximum atomic E-state index is 11.9. The van der Waals surface area contributed by atoms with E-state index in [1.807, 2.05) is 29.9 Å². The molecule has 2 N–H and O–H groups in total. The maximum absolute atomic E-state index is 11.9. The number of aromatic nitrogens is 1. The summed E-state index contributed by atoms with van der Waals surface area (Å²) in [6.45, 7) is 2.63. The highest BCUT2D eigenvalue weighted by Crippen LogP contribution is 2.17. The average molecular weight is 234 g/mol. The van der Waals surface area contributed by atoms with Crippen molar-refractivity contribution in [2.24, 2.45) is 0 Å². The largest absolute Gasteiger partial charge is 0.367 e. The molecule has 0 spiro atoms. The molecule has 0 bridgehead atoms. The minimum atomic E-state index is 0.0213. The van der Waals surface area contributed by atoms with E-state index in [0.29, 0.717) is 6.54 Å². The summed E-state index contributed by atoms with van der Waals surface area (Å²) in [5, 5.41) is 4.88.